The van der Waals surface area contributed by atoms with Crippen molar-refractivity contribution in [2.75, 3.05) is 11.4 Å². The summed E-state index contributed by atoms with van der Waals surface area (Å²) in [5, 5.41) is 4.94. The molecular formula is C15H18N2O2S2. The quantitative estimate of drug-likeness (QED) is 0.941. The van der Waals surface area contributed by atoms with Gasteiger partial charge in [0, 0.05) is 12.6 Å². The molecule has 3 rings (SSSR count). The number of fused-ring (bicyclic) bond motifs is 1. The fourth-order valence-corrected chi connectivity index (χ4v) is 5.78. The van der Waals surface area contributed by atoms with E-state index in [0.29, 0.717) is 10.8 Å². The number of thiophene rings is 1. The molecular weight excluding hydrogens is 304 g/mol. The van der Waals surface area contributed by atoms with Gasteiger partial charge in [0.1, 0.15) is 4.21 Å². The number of hydrogen-bond acceptors (Lipinski definition) is 4. The second-order valence-corrected chi connectivity index (χ2v) is 8.24. The van der Waals surface area contributed by atoms with E-state index in [1.165, 1.54) is 11.3 Å². The normalized spacial score (nSPS) is 18.0. The molecule has 21 heavy (non-hydrogen) atoms. The Kier molecular flexibility index (Phi) is 3.77. The number of sulfonamides is 1. The van der Waals surface area contributed by atoms with E-state index in [-0.39, 0.29) is 6.04 Å². The largest absolute Gasteiger partial charge is 0.316 e. The Bertz CT molecular complexity index is 753. The van der Waals surface area contributed by atoms with Crippen molar-refractivity contribution < 1.29 is 8.42 Å². The average Bonchev–Trinajstić information content (AvgIpc) is 3.02. The van der Waals surface area contributed by atoms with Crippen LogP contribution in [0.25, 0.3) is 0 Å². The van der Waals surface area contributed by atoms with Crippen LogP contribution in [0.1, 0.15) is 18.1 Å². The fraction of sp³-hybridized carbons (Fsp3) is 0.333. The zero-order valence-corrected chi connectivity index (χ0v) is 13.7. The van der Waals surface area contributed by atoms with Gasteiger partial charge in [-0.15, -0.1) is 11.3 Å². The SMILES string of the molecule is CNCc1csc(S(=O)(=O)N2c3ccccc3CC2C)c1. The maximum absolute atomic E-state index is 12.9. The summed E-state index contributed by atoms with van der Waals surface area (Å²) in [4.78, 5) is 0. The second-order valence-electron chi connectivity index (χ2n) is 5.29. The van der Waals surface area contributed by atoms with Crippen molar-refractivity contribution in [3.05, 3.63) is 46.8 Å². The lowest BCUT2D eigenvalue weighted by Gasteiger charge is -2.23. The van der Waals surface area contributed by atoms with Crippen LogP contribution in [-0.2, 0) is 23.0 Å². The molecule has 1 aliphatic rings. The van der Waals surface area contributed by atoms with Gasteiger partial charge in [-0.2, -0.15) is 0 Å². The Morgan fingerprint density at radius 1 is 1.38 bits per heavy atom. The minimum atomic E-state index is -3.47. The van der Waals surface area contributed by atoms with E-state index in [4.69, 9.17) is 0 Å². The van der Waals surface area contributed by atoms with Crippen LogP contribution in [0.2, 0.25) is 0 Å². The third-order valence-electron chi connectivity index (χ3n) is 3.67. The highest BCUT2D eigenvalue weighted by atomic mass is 32.2. The lowest BCUT2D eigenvalue weighted by atomic mass is 10.1. The molecule has 1 aliphatic heterocycles. The maximum atomic E-state index is 12.9. The zero-order chi connectivity index (χ0) is 15.0. The van der Waals surface area contributed by atoms with Crippen LogP contribution in [0.5, 0.6) is 0 Å². The van der Waals surface area contributed by atoms with Gasteiger partial charge in [0.15, 0.2) is 0 Å². The molecule has 2 aromatic rings. The van der Waals surface area contributed by atoms with Crippen molar-refractivity contribution in [3.8, 4) is 0 Å². The Labute approximate surface area is 129 Å². The topological polar surface area (TPSA) is 49.4 Å². The lowest BCUT2D eigenvalue weighted by Crippen LogP contribution is -2.35. The average molecular weight is 322 g/mol. The van der Waals surface area contributed by atoms with Gasteiger partial charge in [0.2, 0.25) is 0 Å². The van der Waals surface area contributed by atoms with Gasteiger partial charge >= 0.3 is 0 Å². The van der Waals surface area contributed by atoms with Gasteiger partial charge in [-0.05, 0) is 49.0 Å². The van der Waals surface area contributed by atoms with Crippen LogP contribution < -0.4 is 9.62 Å². The Balaban J connectivity index is 2.01. The van der Waals surface area contributed by atoms with Crippen molar-refractivity contribution in [2.45, 2.75) is 30.1 Å². The number of anilines is 1. The molecule has 6 heteroatoms. The smallest absolute Gasteiger partial charge is 0.274 e. The number of rotatable bonds is 4. The number of nitrogens with one attached hydrogen (secondary N) is 1. The van der Waals surface area contributed by atoms with Gasteiger partial charge in [-0.25, -0.2) is 8.42 Å². The third kappa shape index (κ3) is 2.47. The lowest BCUT2D eigenvalue weighted by molar-refractivity contribution is 0.586. The van der Waals surface area contributed by atoms with Crippen molar-refractivity contribution >= 4 is 27.0 Å². The highest BCUT2D eigenvalue weighted by molar-refractivity contribution is 7.94. The summed E-state index contributed by atoms with van der Waals surface area (Å²) >= 11 is 1.29. The highest BCUT2D eigenvalue weighted by Crippen LogP contribution is 2.37. The molecule has 112 valence electrons. The third-order valence-corrected chi connectivity index (χ3v) is 7.06. The molecule has 0 amide bonds. The number of nitrogens with zero attached hydrogens (tertiary/aromatic N) is 1. The van der Waals surface area contributed by atoms with Crippen LogP contribution in [0.3, 0.4) is 0 Å². The van der Waals surface area contributed by atoms with Gasteiger partial charge in [0.05, 0.1) is 5.69 Å². The second kappa shape index (κ2) is 5.44. The molecule has 4 nitrogen and oxygen atoms in total. The zero-order valence-electron chi connectivity index (χ0n) is 12.0. The van der Waals surface area contributed by atoms with E-state index in [1.807, 2.05) is 43.6 Å². The van der Waals surface area contributed by atoms with Crippen molar-refractivity contribution in [3.63, 3.8) is 0 Å². The first-order valence-corrected chi connectivity index (χ1v) is 9.20. The fourth-order valence-electron chi connectivity index (χ4n) is 2.79. The minimum absolute atomic E-state index is 0.0396. The molecule has 0 radical (unpaired) electrons. The molecule has 0 bridgehead atoms. The van der Waals surface area contributed by atoms with E-state index < -0.39 is 10.0 Å². The highest BCUT2D eigenvalue weighted by Gasteiger charge is 2.36. The van der Waals surface area contributed by atoms with E-state index in [2.05, 4.69) is 5.32 Å². The van der Waals surface area contributed by atoms with E-state index >= 15 is 0 Å². The molecule has 2 heterocycles. The first-order chi connectivity index (χ1) is 10.0. The predicted octanol–water partition coefficient (Wildman–Crippen LogP) is 2.61. The van der Waals surface area contributed by atoms with Gasteiger partial charge < -0.3 is 5.32 Å². The van der Waals surface area contributed by atoms with Crippen LogP contribution in [-0.4, -0.2) is 21.5 Å². The molecule has 0 aliphatic carbocycles. The summed E-state index contributed by atoms with van der Waals surface area (Å²) in [6.45, 7) is 2.64. The maximum Gasteiger partial charge on any atom is 0.274 e. The Morgan fingerprint density at radius 2 is 2.14 bits per heavy atom. The Hall–Kier alpha value is -1.37. The Morgan fingerprint density at radius 3 is 2.90 bits per heavy atom. The number of hydrogen-bond donors (Lipinski definition) is 1. The van der Waals surface area contributed by atoms with Crippen LogP contribution in [0.4, 0.5) is 5.69 Å². The molecule has 0 spiro atoms. The first-order valence-electron chi connectivity index (χ1n) is 6.88. The standard InChI is InChI=1S/C15H18N2O2S2/c1-11-7-13-5-3-4-6-14(13)17(11)21(18,19)15-8-12(9-16-2)10-20-15/h3-6,8,10-11,16H,7,9H2,1-2H3. The summed E-state index contributed by atoms with van der Waals surface area (Å²) < 4.78 is 27.9. The van der Waals surface area contributed by atoms with Crippen molar-refractivity contribution in [1.82, 2.24) is 5.32 Å². The van der Waals surface area contributed by atoms with E-state index in [0.717, 1.165) is 23.2 Å². The molecule has 0 fully saturated rings. The van der Waals surface area contributed by atoms with Crippen LogP contribution >= 0.6 is 11.3 Å². The predicted molar refractivity (Wildman–Crippen MR) is 86.4 cm³/mol. The first kappa shape index (κ1) is 14.6. The van der Waals surface area contributed by atoms with Gasteiger partial charge in [-0.1, -0.05) is 18.2 Å². The van der Waals surface area contributed by atoms with Gasteiger partial charge in [-0.3, -0.25) is 4.31 Å². The number of benzene rings is 1. The molecule has 0 saturated carbocycles. The molecule has 1 aromatic carbocycles. The van der Waals surface area contributed by atoms with Crippen LogP contribution in [0, 0.1) is 0 Å². The summed E-state index contributed by atoms with van der Waals surface area (Å²) in [6, 6.07) is 9.46. The summed E-state index contributed by atoms with van der Waals surface area (Å²) in [5.74, 6) is 0. The van der Waals surface area contributed by atoms with Crippen LogP contribution in [0.15, 0.2) is 39.9 Å². The van der Waals surface area contributed by atoms with Gasteiger partial charge in [0.25, 0.3) is 10.0 Å². The molecule has 1 unspecified atom stereocenters. The monoisotopic (exact) mass is 322 g/mol. The van der Waals surface area contributed by atoms with Crippen molar-refractivity contribution in [1.29, 1.82) is 0 Å². The van der Waals surface area contributed by atoms with E-state index in [1.54, 1.807) is 10.4 Å². The minimum Gasteiger partial charge on any atom is -0.316 e. The number of para-hydroxylation sites is 1. The molecule has 1 atom stereocenters. The molecule has 1 N–H and O–H groups in total. The van der Waals surface area contributed by atoms with Crippen molar-refractivity contribution in [2.24, 2.45) is 0 Å². The van der Waals surface area contributed by atoms with E-state index in [9.17, 15) is 8.42 Å². The molecule has 0 saturated heterocycles. The summed E-state index contributed by atoms with van der Waals surface area (Å²) in [6.07, 6.45) is 0.768. The summed E-state index contributed by atoms with van der Waals surface area (Å²) in [7, 11) is -1.62. The molecule has 1 aromatic heterocycles. The summed E-state index contributed by atoms with van der Waals surface area (Å²) in [5.41, 5.74) is 2.91.